The zero-order valence-corrected chi connectivity index (χ0v) is 10.3. The Kier molecular flexibility index (Phi) is 1.87. The lowest BCUT2D eigenvalue weighted by Gasteiger charge is -2.40. The summed E-state index contributed by atoms with van der Waals surface area (Å²) in [6.07, 6.45) is 6.57. The molecule has 2 nitrogen and oxygen atoms in total. The Bertz CT molecular complexity index is 351. The third-order valence-corrected chi connectivity index (χ3v) is 5.35. The van der Waals surface area contributed by atoms with Gasteiger partial charge in [-0.15, -0.1) is 0 Å². The van der Waals surface area contributed by atoms with Crippen molar-refractivity contribution in [1.29, 1.82) is 5.26 Å². The first-order valence-corrected chi connectivity index (χ1v) is 6.52. The van der Waals surface area contributed by atoms with E-state index in [1.807, 2.05) is 13.8 Å². The number of nitrogens with zero attached hydrogens (tertiary/aromatic N) is 1. The van der Waals surface area contributed by atoms with Gasteiger partial charge >= 0.3 is 0 Å². The molecule has 0 saturated heterocycles. The lowest BCUT2D eigenvalue weighted by molar-refractivity contribution is -0.0534. The maximum Gasteiger partial charge on any atom is 0.0709 e. The van der Waals surface area contributed by atoms with Gasteiger partial charge in [0.25, 0.3) is 0 Å². The molecule has 4 aliphatic carbocycles. The number of hydrogen-bond donors (Lipinski definition) is 1. The quantitative estimate of drug-likeness (QED) is 0.776. The van der Waals surface area contributed by atoms with Crippen LogP contribution in [0.2, 0.25) is 0 Å². The molecule has 4 aliphatic rings. The minimum Gasteiger partial charge on any atom is -0.389 e. The zero-order chi connectivity index (χ0) is 11.6. The summed E-state index contributed by atoms with van der Waals surface area (Å²) >= 11 is 0. The average molecular weight is 219 g/mol. The van der Waals surface area contributed by atoms with Crippen LogP contribution in [0.3, 0.4) is 0 Å². The number of hydrogen-bond acceptors (Lipinski definition) is 2. The Morgan fingerprint density at radius 2 is 1.81 bits per heavy atom. The summed E-state index contributed by atoms with van der Waals surface area (Å²) in [6.45, 7) is 4.04. The van der Waals surface area contributed by atoms with Crippen molar-refractivity contribution >= 4 is 0 Å². The zero-order valence-electron chi connectivity index (χ0n) is 10.3. The molecular formula is C14H21NO. The summed E-state index contributed by atoms with van der Waals surface area (Å²) in [4.78, 5) is 0. The van der Waals surface area contributed by atoms with E-state index in [1.54, 1.807) is 0 Å². The Morgan fingerprint density at radius 3 is 2.31 bits per heavy atom. The van der Waals surface area contributed by atoms with Crippen molar-refractivity contribution in [3.05, 3.63) is 0 Å². The van der Waals surface area contributed by atoms with E-state index in [1.165, 1.54) is 19.3 Å². The molecule has 0 spiro atoms. The molecule has 2 heteroatoms. The van der Waals surface area contributed by atoms with E-state index in [0.717, 1.165) is 31.1 Å². The molecule has 2 atom stereocenters. The van der Waals surface area contributed by atoms with Gasteiger partial charge in [0.1, 0.15) is 0 Å². The maximum absolute atomic E-state index is 10.8. The second kappa shape index (κ2) is 2.82. The molecule has 2 unspecified atom stereocenters. The minimum absolute atomic E-state index is 0.0831. The van der Waals surface area contributed by atoms with Gasteiger partial charge in [0.2, 0.25) is 0 Å². The summed E-state index contributed by atoms with van der Waals surface area (Å²) in [5.41, 5.74) is -0.621. The van der Waals surface area contributed by atoms with E-state index < -0.39 is 5.60 Å². The molecule has 16 heavy (non-hydrogen) atoms. The Morgan fingerprint density at radius 1 is 1.25 bits per heavy atom. The van der Waals surface area contributed by atoms with Crippen molar-refractivity contribution in [2.75, 3.05) is 0 Å². The van der Waals surface area contributed by atoms with Crippen molar-refractivity contribution in [2.45, 2.75) is 58.0 Å². The van der Waals surface area contributed by atoms with E-state index in [2.05, 4.69) is 6.07 Å². The van der Waals surface area contributed by atoms with Gasteiger partial charge < -0.3 is 5.11 Å². The van der Waals surface area contributed by atoms with Gasteiger partial charge in [-0.05, 0) is 64.2 Å². The van der Waals surface area contributed by atoms with Crippen molar-refractivity contribution in [2.24, 2.45) is 22.7 Å². The lowest BCUT2D eigenvalue weighted by atomic mass is 9.66. The molecule has 0 aliphatic heterocycles. The molecule has 1 N–H and O–H groups in total. The van der Waals surface area contributed by atoms with Gasteiger partial charge in [-0.1, -0.05) is 0 Å². The molecule has 0 aromatic carbocycles. The minimum atomic E-state index is -0.422. The van der Waals surface area contributed by atoms with E-state index in [4.69, 9.17) is 0 Å². The monoisotopic (exact) mass is 219 g/mol. The second-order valence-electron chi connectivity index (χ2n) is 7.27. The molecule has 4 bridgehead atoms. The summed E-state index contributed by atoms with van der Waals surface area (Å²) in [6, 6.07) is 2.41. The van der Waals surface area contributed by atoms with Crippen LogP contribution in [0, 0.1) is 34.0 Å². The van der Waals surface area contributed by atoms with Crippen LogP contribution >= 0.6 is 0 Å². The molecule has 0 radical (unpaired) electrons. The SMILES string of the molecule is CC(C)(C#N)CC12CC3CC(CC1(O)C3)C2. The highest BCUT2D eigenvalue weighted by molar-refractivity contribution is 5.18. The molecule has 0 heterocycles. The number of rotatable bonds is 2. The fraction of sp³-hybridized carbons (Fsp3) is 0.929. The van der Waals surface area contributed by atoms with Gasteiger partial charge in [0, 0.05) is 5.41 Å². The van der Waals surface area contributed by atoms with Crippen molar-refractivity contribution < 1.29 is 5.11 Å². The number of aliphatic hydroxyl groups is 1. The predicted octanol–water partition coefficient (Wildman–Crippen LogP) is 2.87. The highest BCUT2D eigenvalue weighted by Gasteiger charge is 2.66. The van der Waals surface area contributed by atoms with Gasteiger partial charge in [-0.2, -0.15) is 5.26 Å². The van der Waals surface area contributed by atoms with Gasteiger partial charge in [-0.3, -0.25) is 0 Å². The van der Waals surface area contributed by atoms with Crippen LogP contribution in [0.4, 0.5) is 0 Å². The number of nitriles is 1. The predicted molar refractivity (Wildman–Crippen MR) is 61.5 cm³/mol. The van der Waals surface area contributed by atoms with Crippen LogP contribution in [0.15, 0.2) is 0 Å². The van der Waals surface area contributed by atoms with Crippen LogP contribution in [-0.4, -0.2) is 10.7 Å². The third-order valence-electron chi connectivity index (χ3n) is 5.35. The van der Waals surface area contributed by atoms with Crippen LogP contribution in [-0.2, 0) is 0 Å². The van der Waals surface area contributed by atoms with E-state index in [0.29, 0.717) is 0 Å². The molecule has 4 rings (SSSR count). The molecule has 0 aromatic rings. The van der Waals surface area contributed by atoms with E-state index in [-0.39, 0.29) is 10.8 Å². The summed E-state index contributed by atoms with van der Waals surface area (Å²) in [5, 5.41) is 20.0. The second-order valence-corrected chi connectivity index (χ2v) is 7.27. The van der Waals surface area contributed by atoms with E-state index in [9.17, 15) is 10.4 Å². The first-order chi connectivity index (χ1) is 7.38. The first-order valence-electron chi connectivity index (χ1n) is 6.52. The van der Waals surface area contributed by atoms with Crippen molar-refractivity contribution in [3.8, 4) is 6.07 Å². The molecule has 4 fully saturated rings. The highest BCUT2D eigenvalue weighted by atomic mass is 16.3. The Hall–Kier alpha value is -0.550. The highest BCUT2D eigenvalue weighted by Crippen LogP contribution is 2.70. The van der Waals surface area contributed by atoms with E-state index >= 15 is 0 Å². The van der Waals surface area contributed by atoms with Crippen molar-refractivity contribution in [3.63, 3.8) is 0 Å². The lowest BCUT2D eigenvalue weighted by Crippen LogP contribution is -2.41. The van der Waals surface area contributed by atoms with Gasteiger partial charge in [0.05, 0.1) is 17.1 Å². The standard InChI is InChI=1S/C14H21NO/c1-12(2,9-15)8-13-4-10-3-11(5-13)7-14(13,16)6-10/h10-11,16H,3-8H2,1-2H3. The van der Waals surface area contributed by atoms with Gasteiger partial charge in [-0.25, -0.2) is 0 Å². The molecule has 4 saturated carbocycles. The van der Waals surface area contributed by atoms with Crippen LogP contribution in [0.5, 0.6) is 0 Å². The van der Waals surface area contributed by atoms with Crippen LogP contribution < -0.4 is 0 Å². The topological polar surface area (TPSA) is 44.0 Å². The summed E-state index contributed by atoms with van der Waals surface area (Å²) in [5.74, 6) is 1.49. The van der Waals surface area contributed by atoms with Crippen LogP contribution in [0.25, 0.3) is 0 Å². The van der Waals surface area contributed by atoms with Gasteiger partial charge in [0.15, 0.2) is 0 Å². The first kappa shape index (κ1) is 10.6. The third kappa shape index (κ3) is 1.21. The molecule has 0 amide bonds. The molecular weight excluding hydrogens is 198 g/mol. The Balaban J connectivity index is 1.92. The maximum atomic E-state index is 10.8. The van der Waals surface area contributed by atoms with Crippen molar-refractivity contribution in [1.82, 2.24) is 0 Å². The molecule has 0 aromatic heterocycles. The largest absolute Gasteiger partial charge is 0.389 e. The summed E-state index contributed by atoms with van der Waals surface area (Å²) < 4.78 is 0. The van der Waals surface area contributed by atoms with Crippen LogP contribution in [0.1, 0.15) is 52.4 Å². The Labute approximate surface area is 97.7 Å². The fourth-order valence-corrected chi connectivity index (χ4v) is 5.18. The molecule has 88 valence electrons. The smallest absolute Gasteiger partial charge is 0.0709 e. The summed E-state index contributed by atoms with van der Waals surface area (Å²) in [7, 11) is 0. The normalized spacial score (nSPS) is 49.6. The fourth-order valence-electron chi connectivity index (χ4n) is 5.18. The average Bonchev–Trinajstić information content (AvgIpc) is 2.43.